The lowest BCUT2D eigenvalue weighted by Gasteiger charge is -2.21. The molecule has 0 fully saturated rings. The molecule has 20 heavy (non-hydrogen) atoms. The molecule has 1 aromatic rings. The smallest absolute Gasteiger partial charge is 0.412 e. The fourth-order valence-electron chi connectivity index (χ4n) is 1.97. The number of hydrogen-bond donors (Lipinski definition) is 2. The third kappa shape index (κ3) is 5.21. The summed E-state index contributed by atoms with van der Waals surface area (Å²) in [6.07, 6.45) is 0.349. The van der Waals surface area contributed by atoms with Gasteiger partial charge in [-0.05, 0) is 70.7 Å². The average Bonchev–Trinajstić information content (AvgIpc) is 2.21. The van der Waals surface area contributed by atoms with E-state index in [-0.39, 0.29) is 6.04 Å². The molecule has 0 aromatic heterocycles. The number of aryl methyl sites for hydroxylation is 1. The van der Waals surface area contributed by atoms with Gasteiger partial charge >= 0.3 is 6.09 Å². The van der Waals surface area contributed by atoms with E-state index in [1.807, 2.05) is 47.6 Å². The van der Waals surface area contributed by atoms with Gasteiger partial charge in [-0.2, -0.15) is 0 Å². The van der Waals surface area contributed by atoms with Gasteiger partial charge in [0.2, 0.25) is 0 Å². The maximum Gasteiger partial charge on any atom is 0.412 e. The molecular formula is C16H26N2O2. The zero-order chi connectivity index (χ0) is 15.5. The highest BCUT2D eigenvalue weighted by molar-refractivity contribution is 5.86. The Morgan fingerprint density at radius 1 is 1.35 bits per heavy atom. The molecule has 0 aliphatic rings. The van der Waals surface area contributed by atoms with E-state index in [9.17, 15) is 4.79 Å². The van der Waals surface area contributed by atoms with Gasteiger partial charge in [0.15, 0.2) is 0 Å². The van der Waals surface area contributed by atoms with E-state index >= 15 is 0 Å². The summed E-state index contributed by atoms with van der Waals surface area (Å²) in [5.41, 5.74) is 9.42. The summed E-state index contributed by atoms with van der Waals surface area (Å²) in [4.78, 5) is 11.9. The van der Waals surface area contributed by atoms with Gasteiger partial charge in [0.1, 0.15) is 5.60 Å². The van der Waals surface area contributed by atoms with Crippen molar-refractivity contribution in [2.24, 2.45) is 5.73 Å². The Labute approximate surface area is 121 Å². The molecular weight excluding hydrogens is 252 g/mol. The minimum absolute atomic E-state index is 0.0893. The number of ether oxygens (including phenoxy) is 1. The normalized spacial score (nSPS) is 12.9. The van der Waals surface area contributed by atoms with Crippen molar-refractivity contribution in [2.75, 3.05) is 5.32 Å². The molecule has 1 amide bonds. The largest absolute Gasteiger partial charge is 0.444 e. The van der Waals surface area contributed by atoms with E-state index in [0.29, 0.717) is 0 Å². The molecule has 0 aliphatic heterocycles. The Balaban J connectivity index is 2.93. The van der Waals surface area contributed by atoms with Gasteiger partial charge < -0.3 is 10.5 Å². The maximum absolute atomic E-state index is 11.9. The number of carbonyl (C=O) groups excluding carboxylic acids is 1. The summed E-state index contributed by atoms with van der Waals surface area (Å²) in [5, 5.41) is 2.82. The molecule has 1 rings (SSSR count). The lowest BCUT2D eigenvalue weighted by Crippen LogP contribution is -2.27. The summed E-state index contributed by atoms with van der Waals surface area (Å²) < 4.78 is 5.28. The number of amides is 1. The Kier molecular flexibility index (Phi) is 5.17. The van der Waals surface area contributed by atoms with E-state index in [0.717, 1.165) is 28.8 Å². The molecule has 0 saturated carbocycles. The molecule has 0 saturated heterocycles. The molecule has 0 heterocycles. The van der Waals surface area contributed by atoms with Gasteiger partial charge in [-0.15, -0.1) is 0 Å². The molecule has 0 aliphatic carbocycles. The van der Waals surface area contributed by atoms with Gasteiger partial charge in [0.25, 0.3) is 0 Å². The summed E-state index contributed by atoms with van der Waals surface area (Å²) >= 11 is 0. The van der Waals surface area contributed by atoms with Crippen LogP contribution in [0.2, 0.25) is 0 Å². The highest BCUT2D eigenvalue weighted by Gasteiger charge is 2.17. The first kappa shape index (κ1) is 16.5. The molecule has 4 nitrogen and oxygen atoms in total. The first-order valence-electron chi connectivity index (χ1n) is 6.94. The van der Waals surface area contributed by atoms with Crippen molar-refractivity contribution in [1.82, 2.24) is 0 Å². The van der Waals surface area contributed by atoms with Gasteiger partial charge in [0.05, 0.1) is 0 Å². The van der Waals surface area contributed by atoms with E-state index in [4.69, 9.17) is 10.5 Å². The van der Waals surface area contributed by atoms with Crippen molar-refractivity contribution in [3.8, 4) is 0 Å². The van der Waals surface area contributed by atoms with Crippen LogP contribution in [0.3, 0.4) is 0 Å². The van der Waals surface area contributed by atoms with Crippen LogP contribution in [0.5, 0.6) is 0 Å². The molecule has 112 valence electrons. The van der Waals surface area contributed by atoms with Crippen LogP contribution >= 0.6 is 0 Å². The molecule has 0 radical (unpaired) electrons. The molecule has 0 bridgehead atoms. The summed E-state index contributed by atoms with van der Waals surface area (Å²) in [6, 6.07) is 4.17. The van der Waals surface area contributed by atoms with Crippen molar-refractivity contribution in [2.45, 2.75) is 59.6 Å². The topological polar surface area (TPSA) is 64.3 Å². The highest BCUT2D eigenvalue weighted by Crippen LogP contribution is 2.23. The van der Waals surface area contributed by atoms with Gasteiger partial charge in [-0.25, -0.2) is 4.79 Å². The van der Waals surface area contributed by atoms with E-state index in [1.165, 1.54) is 0 Å². The number of nitrogens with one attached hydrogen (secondary N) is 1. The summed E-state index contributed by atoms with van der Waals surface area (Å²) in [5.74, 6) is 0. The van der Waals surface area contributed by atoms with Crippen LogP contribution in [0.25, 0.3) is 0 Å². The van der Waals surface area contributed by atoms with Crippen LogP contribution < -0.4 is 11.1 Å². The summed E-state index contributed by atoms with van der Waals surface area (Å²) in [6.45, 7) is 11.5. The van der Waals surface area contributed by atoms with Crippen LogP contribution in [0.15, 0.2) is 12.1 Å². The molecule has 3 N–H and O–H groups in total. The fourth-order valence-corrected chi connectivity index (χ4v) is 1.97. The predicted molar refractivity (Wildman–Crippen MR) is 83.1 cm³/mol. The Bertz CT molecular complexity index is 488. The fraction of sp³-hybridized carbons (Fsp3) is 0.562. The van der Waals surface area contributed by atoms with Crippen molar-refractivity contribution in [1.29, 1.82) is 0 Å². The van der Waals surface area contributed by atoms with Crippen LogP contribution in [0, 0.1) is 13.8 Å². The zero-order valence-electron chi connectivity index (χ0n) is 13.3. The standard InChI is InChI=1S/C16H26N2O2/c1-10-7-13(8-11(2)17)9-14(12(10)3)18-15(19)20-16(4,5)6/h7,9,11H,8,17H2,1-6H3,(H,18,19). The molecule has 0 spiro atoms. The van der Waals surface area contributed by atoms with E-state index in [2.05, 4.69) is 11.4 Å². The van der Waals surface area contributed by atoms with Crippen molar-refractivity contribution in [3.63, 3.8) is 0 Å². The third-order valence-corrected chi connectivity index (χ3v) is 2.92. The second-order valence-electron chi connectivity index (χ2n) is 6.39. The number of nitrogens with two attached hydrogens (primary N) is 1. The first-order chi connectivity index (χ1) is 9.08. The number of hydrogen-bond acceptors (Lipinski definition) is 3. The van der Waals surface area contributed by atoms with E-state index < -0.39 is 11.7 Å². The Morgan fingerprint density at radius 3 is 2.45 bits per heavy atom. The lowest BCUT2D eigenvalue weighted by atomic mass is 10.00. The third-order valence-electron chi connectivity index (χ3n) is 2.92. The van der Waals surface area contributed by atoms with Crippen molar-refractivity contribution in [3.05, 3.63) is 28.8 Å². The van der Waals surface area contributed by atoms with Gasteiger partial charge in [-0.1, -0.05) is 6.07 Å². The number of benzene rings is 1. The SMILES string of the molecule is Cc1cc(CC(C)N)cc(NC(=O)OC(C)(C)C)c1C. The number of rotatable bonds is 3. The Morgan fingerprint density at radius 2 is 1.95 bits per heavy atom. The molecule has 4 heteroatoms. The van der Waals surface area contributed by atoms with Crippen LogP contribution in [0.4, 0.5) is 10.5 Å². The van der Waals surface area contributed by atoms with Crippen molar-refractivity contribution >= 4 is 11.8 Å². The van der Waals surface area contributed by atoms with Crippen LogP contribution in [-0.4, -0.2) is 17.7 Å². The molecule has 1 unspecified atom stereocenters. The quantitative estimate of drug-likeness (QED) is 0.888. The van der Waals surface area contributed by atoms with Gasteiger partial charge in [0, 0.05) is 11.7 Å². The van der Waals surface area contributed by atoms with Crippen molar-refractivity contribution < 1.29 is 9.53 Å². The molecule has 1 aromatic carbocycles. The number of carbonyl (C=O) groups is 1. The lowest BCUT2D eigenvalue weighted by molar-refractivity contribution is 0.0636. The highest BCUT2D eigenvalue weighted by atomic mass is 16.6. The number of anilines is 1. The second-order valence-corrected chi connectivity index (χ2v) is 6.39. The molecule has 1 atom stereocenters. The van der Waals surface area contributed by atoms with Crippen LogP contribution in [-0.2, 0) is 11.2 Å². The minimum atomic E-state index is -0.504. The zero-order valence-corrected chi connectivity index (χ0v) is 13.3. The Hall–Kier alpha value is -1.55. The van der Waals surface area contributed by atoms with E-state index in [1.54, 1.807) is 0 Å². The van der Waals surface area contributed by atoms with Gasteiger partial charge in [-0.3, -0.25) is 5.32 Å². The van der Waals surface area contributed by atoms with Crippen LogP contribution in [0.1, 0.15) is 44.4 Å². The summed E-state index contributed by atoms with van der Waals surface area (Å²) in [7, 11) is 0. The average molecular weight is 278 g/mol. The maximum atomic E-state index is 11.9. The monoisotopic (exact) mass is 278 g/mol. The minimum Gasteiger partial charge on any atom is -0.444 e. The predicted octanol–water partition coefficient (Wildman–Crippen LogP) is 3.54. The first-order valence-corrected chi connectivity index (χ1v) is 6.94. The second kappa shape index (κ2) is 6.27.